The van der Waals surface area contributed by atoms with Gasteiger partial charge in [-0.3, -0.25) is 0 Å². The first-order valence-corrected chi connectivity index (χ1v) is 5.93. The topological polar surface area (TPSA) is 35.0 Å². The average Bonchev–Trinajstić information content (AvgIpc) is 2.19. The van der Waals surface area contributed by atoms with Gasteiger partial charge in [-0.15, -0.1) is 0 Å². The normalized spacial score (nSPS) is 18.2. The molecule has 1 aliphatic carbocycles. The fraction of sp³-hybridized carbons (Fsp3) is 0.667. The Balaban J connectivity index is 2.36. The first-order valence-electron chi connectivity index (χ1n) is 5.55. The molecule has 0 unspecified atom stereocenters. The van der Waals surface area contributed by atoms with Gasteiger partial charge >= 0.3 is 0 Å². The zero-order valence-electron chi connectivity index (χ0n) is 10.0. The van der Waals surface area contributed by atoms with Crippen LogP contribution in [0.3, 0.4) is 0 Å². The summed E-state index contributed by atoms with van der Waals surface area (Å²) in [6, 6.07) is 0. The molecule has 1 aliphatic rings. The molecule has 0 fully saturated rings. The summed E-state index contributed by atoms with van der Waals surface area (Å²) in [4.78, 5) is 8.78. The van der Waals surface area contributed by atoms with Crippen molar-refractivity contribution in [2.75, 3.05) is 7.11 Å². The van der Waals surface area contributed by atoms with E-state index in [0.717, 1.165) is 30.5 Å². The molecule has 0 atom stereocenters. The molecule has 0 N–H and O–H groups in total. The van der Waals surface area contributed by atoms with Crippen molar-refractivity contribution in [3.8, 4) is 0 Å². The monoisotopic (exact) mass is 240 g/mol. The molecule has 0 radical (unpaired) electrons. The second kappa shape index (κ2) is 4.30. The van der Waals surface area contributed by atoms with Crippen LogP contribution in [0.4, 0.5) is 0 Å². The predicted octanol–water partition coefficient (Wildman–Crippen LogP) is 2.79. The van der Waals surface area contributed by atoms with Gasteiger partial charge in [0.05, 0.1) is 0 Å². The SMILES string of the molecule is COCc1nc(Cl)c2c(n1)CCC(C)(C)C2. The molecule has 1 heterocycles. The van der Waals surface area contributed by atoms with Crippen molar-refractivity contribution in [2.24, 2.45) is 5.41 Å². The molecule has 3 nitrogen and oxygen atoms in total. The van der Waals surface area contributed by atoms with Gasteiger partial charge in [0.15, 0.2) is 5.82 Å². The lowest BCUT2D eigenvalue weighted by molar-refractivity contribution is 0.177. The van der Waals surface area contributed by atoms with E-state index >= 15 is 0 Å². The lowest BCUT2D eigenvalue weighted by atomic mass is 9.76. The molecule has 0 aromatic carbocycles. The quantitative estimate of drug-likeness (QED) is 0.746. The highest BCUT2D eigenvalue weighted by Gasteiger charge is 2.28. The van der Waals surface area contributed by atoms with Crippen molar-refractivity contribution in [1.29, 1.82) is 0 Å². The van der Waals surface area contributed by atoms with E-state index in [1.807, 2.05) is 0 Å². The van der Waals surface area contributed by atoms with E-state index in [1.54, 1.807) is 7.11 Å². The van der Waals surface area contributed by atoms with E-state index in [2.05, 4.69) is 23.8 Å². The molecule has 88 valence electrons. The number of hydrogen-bond donors (Lipinski definition) is 0. The first kappa shape index (κ1) is 11.8. The highest BCUT2D eigenvalue weighted by Crippen LogP contribution is 2.36. The molecule has 0 aliphatic heterocycles. The van der Waals surface area contributed by atoms with E-state index in [4.69, 9.17) is 16.3 Å². The lowest BCUT2D eigenvalue weighted by Crippen LogP contribution is -2.24. The lowest BCUT2D eigenvalue weighted by Gasteiger charge is -2.30. The molecule has 2 rings (SSSR count). The fourth-order valence-electron chi connectivity index (χ4n) is 2.15. The number of ether oxygens (including phenoxy) is 1. The first-order chi connectivity index (χ1) is 7.52. The Morgan fingerprint density at radius 3 is 2.81 bits per heavy atom. The van der Waals surface area contributed by atoms with E-state index < -0.39 is 0 Å². The van der Waals surface area contributed by atoms with Gasteiger partial charge in [0.25, 0.3) is 0 Å². The Hall–Kier alpha value is -0.670. The Kier molecular flexibility index (Phi) is 3.17. The van der Waals surface area contributed by atoms with E-state index in [9.17, 15) is 0 Å². The Morgan fingerprint density at radius 2 is 2.12 bits per heavy atom. The number of rotatable bonds is 2. The number of fused-ring (bicyclic) bond motifs is 1. The number of nitrogens with zero attached hydrogens (tertiary/aromatic N) is 2. The van der Waals surface area contributed by atoms with Crippen molar-refractivity contribution < 1.29 is 4.74 Å². The molecule has 0 bridgehead atoms. The van der Waals surface area contributed by atoms with Crippen LogP contribution in [-0.4, -0.2) is 17.1 Å². The van der Waals surface area contributed by atoms with Crippen LogP contribution in [0.2, 0.25) is 5.15 Å². The average molecular weight is 241 g/mol. The summed E-state index contributed by atoms with van der Waals surface area (Å²) in [5.41, 5.74) is 2.53. The number of hydrogen-bond acceptors (Lipinski definition) is 3. The summed E-state index contributed by atoms with van der Waals surface area (Å²) in [7, 11) is 1.64. The second-order valence-electron chi connectivity index (χ2n) is 5.13. The maximum absolute atomic E-state index is 6.20. The fourth-order valence-corrected chi connectivity index (χ4v) is 2.42. The molecular formula is C12H17ClN2O. The minimum Gasteiger partial charge on any atom is -0.377 e. The van der Waals surface area contributed by atoms with Gasteiger partial charge in [0.1, 0.15) is 11.8 Å². The Labute approximate surface area is 101 Å². The van der Waals surface area contributed by atoms with Crippen LogP contribution < -0.4 is 0 Å². The van der Waals surface area contributed by atoms with Crippen LogP contribution in [0.15, 0.2) is 0 Å². The summed E-state index contributed by atoms with van der Waals surface area (Å²) < 4.78 is 5.03. The maximum atomic E-state index is 6.20. The van der Waals surface area contributed by atoms with Crippen molar-refractivity contribution >= 4 is 11.6 Å². The minimum absolute atomic E-state index is 0.308. The molecule has 0 saturated heterocycles. The summed E-state index contributed by atoms with van der Waals surface area (Å²) in [6.07, 6.45) is 3.11. The highest BCUT2D eigenvalue weighted by molar-refractivity contribution is 6.30. The summed E-state index contributed by atoms with van der Waals surface area (Å²) in [5, 5.41) is 0.602. The second-order valence-corrected chi connectivity index (χ2v) is 5.49. The van der Waals surface area contributed by atoms with E-state index in [0.29, 0.717) is 23.0 Å². The summed E-state index contributed by atoms with van der Waals surface area (Å²) in [6.45, 7) is 4.95. The molecule has 1 aromatic rings. The third kappa shape index (κ3) is 2.36. The third-order valence-electron chi connectivity index (χ3n) is 3.06. The summed E-state index contributed by atoms with van der Waals surface area (Å²) >= 11 is 6.20. The van der Waals surface area contributed by atoms with E-state index in [-0.39, 0.29) is 0 Å². The van der Waals surface area contributed by atoms with Gasteiger partial charge < -0.3 is 4.74 Å². The van der Waals surface area contributed by atoms with Crippen molar-refractivity contribution in [3.63, 3.8) is 0 Å². The molecule has 4 heteroatoms. The van der Waals surface area contributed by atoms with Gasteiger partial charge in [0.2, 0.25) is 0 Å². The van der Waals surface area contributed by atoms with Crippen LogP contribution in [0.25, 0.3) is 0 Å². The van der Waals surface area contributed by atoms with Crippen LogP contribution in [-0.2, 0) is 24.2 Å². The predicted molar refractivity (Wildman–Crippen MR) is 63.6 cm³/mol. The summed E-state index contributed by atoms with van der Waals surface area (Å²) in [5.74, 6) is 0.686. The number of aromatic nitrogens is 2. The Morgan fingerprint density at radius 1 is 1.38 bits per heavy atom. The standard InChI is InChI=1S/C12H17ClN2O/c1-12(2)5-4-9-8(6-12)11(13)15-10(14-9)7-16-3/h4-7H2,1-3H3. The molecule has 16 heavy (non-hydrogen) atoms. The van der Waals surface area contributed by atoms with Gasteiger partial charge in [0, 0.05) is 18.4 Å². The van der Waals surface area contributed by atoms with Crippen molar-refractivity contribution in [1.82, 2.24) is 9.97 Å². The highest BCUT2D eigenvalue weighted by atomic mass is 35.5. The van der Waals surface area contributed by atoms with Gasteiger partial charge in [-0.2, -0.15) is 0 Å². The molecule has 0 saturated carbocycles. The number of halogens is 1. The molecule has 0 amide bonds. The van der Waals surface area contributed by atoms with Crippen LogP contribution in [0.5, 0.6) is 0 Å². The van der Waals surface area contributed by atoms with Crippen molar-refractivity contribution in [2.45, 2.75) is 39.7 Å². The zero-order valence-corrected chi connectivity index (χ0v) is 10.8. The van der Waals surface area contributed by atoms with Crippen LogP contribution in [0, 0.1) is 5.41 Å². The van der Waals surface area contributed by atoms with E-state index in [1.165, 1.54) is 0 Å². The number of methoxy groups -OCH3 is 1. The van der Waals surface area contributed by atoms with Crippen LogP contribution >= 0.6 is 11.6 Å². The van der Waals surface area contributed by atoms with Crippen LogP contribution in [0.1, 0.15) is 37.4 Å². The van der Waals surface area contributed by atoms with Gasteiger partial charge in [-0.25, -0.2) is 9.97 Å². The smallest absolute Gasteiger partial charge is 0.155 e. The van der Waals surface area contributed by atoms with Gasteiger partial charge in [-0.1, -0.05) is 25.4 Å². The largest absolute Gasteiger partial charge is 0.377 e. The molecular weight excluding hydrogens is 224 g/mol. The zero-order chi connectivity index (χ0) is 11.8. The van der Waals surface area contributed by atoms with Crippen molar-refractivity contribution in [3.05, 3.63) is 22.2 Å². The molecule has 1 aromatic heterocycles. The van der Waals surface area contributed by atoms with Gasteiger partial charge in [-0.05, 0) is 24.7 Å². The maximum Gasteiger partial charge on any atom is 0.155 e. The molecule has 0 spiro atoms. The third-order valence-corrected chi connectivity index (χ3v) is 3.37. The number of aryl methyl sites for hydroxylation is 1. The minimum atomic E-state index is 0.308. The Bertz CT molecular complexity index is 404.